The lowest BCUT2D eigenvalue weighted by molar-refractivity contribution is -0.0158. The van der Waals surface area contributed by atoms with E-state index in [-0.39, 0.29) is 11.6 Å². The number of benzene rings is 2. The molecule has 2 aromatic carbocycles. The molecule has 4 aliphatic carbocycles. The van der Waals surface area contributed by atoms with Crippen LogP contribution in [0.15, 0.2) is 72.2 Å². The van der Waals surface area contributed by atoms with Gasteiger partial charge in [0.05, 0.1) is 5.69 Å². The second kappa shape index (κ2) is 9.32. The summed E-state index contributed by atoms with van der Waals surface area (Å²) in [6.45, 7) is 1.31. The van der Waals surface area contributed by atoms with Gasteiger partial charge in [-0.15, -0.1) is 11.3 Å². The van der Waals surface area contributed by atoms with Crippen LogP contribution in [0.2, 0.25) is 0 Å². The van der Waals surface area contributed by atoms with Crippen LogP contribution in [0.25, 0.3) is 16.2 Å². The molecule has 0 atom stereocenters. The molecular weight excluding hydrogens is 476 g/mol. The topological polar surface area (TPSA) is 49.6 Å². The van der Waals surface area contributed by atoms with Crippen molar-refractivity contribution in [2.45, 2.75) is 57.0 Å². The maximum absolute atomic E-state index is 13.8. The normalized spacial score (nSPS) is 26.0. The molecule has 1 N–H and O–H groups in total. The molecule has 8 rings (SSSR count). The number of hydrogen-bond acceptors (Lipinski definition) is 3. The fourth-order valence-corrected chi connectivity index (χ4v) is 8.54. The Hall–Kier alpha value is -3.12. The minimum absolute atomic E-state index is 0.0192. The Balaban J connectivity index is 1.10. The van der Waals surface area contributed by atoms with Gasteiger partial charge in [-0.05, 0) is 61.8 Å². The van der Waals surface area contributed by atoms with Gasteiger partial charge in [-0.25, -0.2) is 9.78 Å². The van der Waals surface area contributed by atoms with Gasteiger partial charge in [0.15, 0.2) is 4.96 Å². The van der Waals surface area contributed by atoms with E-state index >= 15 is 0 Å². The molecule has 0 radical (unpaired) electrons. The van der Waals surface area contributed by atoms with E-state index in [0.29, 0.717) is 13.1 Å². The van der Waals surface area contributed by atoms with Crippen molar-refractivity contribution in [2.24, 2.45) is 17.8 Å². The van der Waals surface area contributed by atoms with Crippen LogP contribution in [0.5, 0.6) is 0 Å². The van der Waals surface area contributed by atoms with E-state index in [9.17, 15) is 4.79 Å². The molecular formula is C31H34N4OS. The number of aromatic nitrogens is 2. The number of nitrogens with one attached hydrogen (secondary N) is 1. The number of imidazole rings is 1. The number of urea groups is 1. The molecule has 4 fully saturated rings. The van der Waals surface area contributed by atoms with E-state index in [2.05, 4.69) is 57.7 Å². The molecule has 0 unspecified atom stereocenters. The predicted octanol–water partition coefficient (Wildman–Crippen LogP) is 6.79. The number of carbonyl (C=O) groups excluding carboxylic acids is 1. The van der Waals surface area contributed by atoms with Gasteiger partial charge >= 0.3 is 6.03 Å². The fourth-order valence-electron chi connectivity index (χ4n) is 7.63. The highest BCUT2D eigenvalue weighted by molar-refractivity contribution is 7.15. The van der Waals surface area contributed by atoms with E-state index < -0.39 is 0 Å². The summed E-state index contributed by atoms with van der Waals surface area (Å²) in [4.78, 5) is 21.7. The van der Waals surface area contributed by atoms with Gasteiger partial charge in [-0.1, -0.05) is 60.7 Å². The van der Waals surface area contributed by atoms with Crippen LogP contribution in [0.3, 0.4) is 0 Å². The molecule has 4 bridgehead atoms. The lowest BCUT2D eigenvalue weighted by atomic mass is 9.53. The van der Waals surface area contributed by atoms with E-state index in [4.69, 9.17) is 4.98 Å². The standard InChI is InChI=1S/C31H34N4OS/c36-29(33-31-16-23-13-24(17-31)15-25(14-23)18-31)34(19-22-7-3-1-4-8-22)12-11-27-21-37-30-32-28(20-35(27)30)26-9-5-2-6-10-26/h1-10,20-21,23-25H,11-19H2,(H,33,36). The average molecular weight is 511 g/mol. The molecule has 0 spiro atoms. The third-order valence-corrected chi connectivity index (χ3v) is 9.79. The second-order valence-electron chi connectivity index (χ2n) is 11.7. The number of nitrogens with zero attached hydrogens (tertiary/aromatic N) is 3. The quantitative estimate of drug-likeness (QED) is 0.298. The summed E-state index contributed by atoms with van der Waals surface area (Å²) in [5.74, 6) is 2.44. The highest BCUT2D eigenvalue weighted by atomic mass is 32.1. The van der Waals surface area contributed by atoms with Gasteiger partial charge < -0.3 is 10.2 Å². The molecule has 4 aromatic rings. The van der Waals surface area contributed by atoms with Gasteiger partial charge in [0.25, 0.3) is 0 Å². The Bertz CT molecular complexity index is 1360. The predicted molar refractivity (Wildman–Crippen MR) is 148 cm³/mol. The Kier molecular flexibility index (Phi) is 5.80. The number of rotatable bonds is 7. The smallest absolute Gasteiger partial charge is 0.318 e. The Morgan fingerprint density at radius 1 is 0.973 bits per heavy atom. The summed E-state index contributed by atoms with van der Waals surface area (Å²) in [5, 5.41) is 5.80. The third-order valence-electron chi connectivity index (χ3n) is 8.90. The number of hydrogen-bond donors (Lipinski definition) is 1. The molecule has 4 aliphatic rings. The summed E-state index contributed by atoms with van der Waals surface area (Å²) < 4.78 is 2.20. The van der Waals surface area contributed by atoms with Crippen LogP contribution < -0.4 is 5.32 Å². The summed E-state index contributed by atoms with van der Waals surface area (Å²) in [7, 11) is 0. The van der Waals surface area contributed by atoms with Crippen molar-refractivity contribution in [2.75, 3.05) is 6.54 Å². The third kappa shape index (κ3) is 4.56. The van der Waals surface area contributed by atoms with Crippen LogP contribution in [-0.2, 0) is 13.0 Å². The molecule has 0 aliphatic heterocycles. The maximum Gasteiger partial charge on any atom is 0.318 e. The average Bonchev–Trinajstić information content (AvgIpc) is 3.48. The van der Waals surface area contributed by atoms with E-state index in [1.807, 2.05) is 29.2 Å². The monoisotopic (exact) mass is 510 g/mol. The highest BCUT2D eigenvalue weighted by Crippen LogP contribution is 2.55. The van der Waals surface area contributed by atoms with Crippen molar-refractivity contribution in [3.05, 3.63) is 83.5 Å². The molecule has 2 aromatic heterocycles. The van der Waals surface area contributed by atoms with Crippen molar-refractivity contribution in [1.29, 1.82) is 0 Å². The molecule has 190 valence electrons. The van der Waals surface area contributed by atoms with Gasteiger partial charge in [-0.3, -0.25) is 4.40 Å². The van der Waals surface area contributed by atoms with Crippen molar-refractivity contribution >= 4 is 22.3 Å². The van der Waals surface area contributed by atoms with Gasteiger partial charge in [0.1, 0.15) is 0 Å². The van der Waals surface area contributed by atoms with Gasteiger partial charge in [0, 0.05) is 47.9 Å². The minimum Gasteiger partial charge on any atom is -0.333 e. The van der Waals surface area contributed by atoms with Crippen LogP contribution in [0.1, 0.15) is 49.8 Å². The first-order valence-corrected chi connectivity index (χ1v) is 14.6. The number of thiazole rings is 1. The first-order valence-electron chi connectivity index (χ1n) is 13.7. The molecule has 2 heterocycles. The summed E-state index contributed by atoms with van der Waals surface area (Å²) in [6.07, 6.45) is 10.6. The minimum atomic E-state index is 0.0192. The number of amides is 2. The number of fused-ring (bicyclic) bond motifs is 1. The molecule has 2 amide bonds. The first-order chi connectivity index (χ1) is 18.1. The van der Waals surface area contributed by atoms with Crippen LogP contribution in [0, 0.1) is 17.8 Å². The largest absolute Gasteiger partial charge is 0.333 e. The Labute approximate surface area is 222 Å². The van der Waals surface area contributed by atoms with E-state index in [0.717, 1.165) is 40.4 Å². The highest BCUT2D eigenvalue weighted by Gasteiger charge is 2.51. The van der Waals surface area contributed by atoms with E-state index in [1.165, 1.54) is 49.8 Å². The lowest BCUT2D eigenvalue weighted by Crippen LogP contribution is -2.61. The first kappa shape index (κ1) is 23.0. The molecule has 5 nitrogen and oxygen atoms in total. The van der Waals surface area contributed by atoms with Crippen molar-refractivity contribution in [1.82, 2.24) is 19.6 Å². The van der Waals surface area contributed by atoms with Crippen molar-refractivity contribution < 1.29 is 4.79 Å². The SMILES string of the molecule is O=C(NC12CC3CC(CC(C3)C1)C2)N(CCc1csc2nc(-c3ccccc3)cn12)Cc1ccccc1. The Morgan fingerprint density at radius 3 is 2.30 bits per heavy atom. The zero-order valence-electron chi connectivity index (χ0n) is 21.2. The summed E-state index contributed by atoms with van der Waals surface area (Å²) >= 11 is 1.67. The summed E-state index contributed by atoms with van der Waals surface area (Å²) in [5.41, 5.74) is 4.52. The Morgan fingerprint density at radius 2 is 1.62 bits per heavy atom. The van der Waals surface area contributed by atoms with Gasteiger partial charge in [0.2, 0.25) is 0 Å². The van der Waals surface area contributed by atoms with Crippen LogP contribution in [0.4, 0.5) is 4.79 Å². The summed E-state index contributed by atoms with van der Waals surface area (Å²) in [6, 6.07) is 20.8. The number of carbonyl (C=O) groups is 1. The lowest BCUT2D eigenvalue weighted by Gasteiger charge is -2.57. The molecule has 37 heavy (non-hydrogen) atoms. The zero-order valence-corrected chi connectivity index (χ0v) is 22.0. The molecule has 6 heteroatoms. The maximum atomic E-state index is 13.8. The van der Waals surface area contributed by atoms with Crippen LogP contribution >= 0.6 is 11.3 Å². The van der Waals surface area contributed by atoms with E-state index in [1.54, 1.807) is 11.3 Å². The second-order valence-corrected chi connectivity index (χ2v) is 12.5. The van der Waals surface area contributed by atoms with Crippen molar-refractivity contribution in [3.8, 4) is 11.3 Å². The van der Waals surface area contributed by atoms with Crippen LogP contribution in [-0.4, -0.2) is 32.4 Å². The zero-order chi connectivity index (χ0) is 24.8. The fraction of sp³-hybridized carbons (Fsp3) is 0.419. The molecule has 4 saturated carbocycles. The van der Waals surface area contributed by atoms with Gasteiger partial charge in [-0.2, -0.15) is 0 Å². The molecule has 0 saturated heterocycles. The van der Waals surface area contributed by atoms with Crippen molar-refractivity contribution in [3.63, 3.8) is 0 Å².